The first-order valence-corrected chi connectivity index (χ1v) is 6.27. The predicted octanol–water partition coefficient (Wildman–Crippen LogP) is 2.17. The molecule has 0 amide bonds. The fraction of sp³-hybridized carbons (Fsp3) is 0.286. The van der Waals surface area contributed by atoms with E-state index < -0.39 is 0 Å². The molecule has 19 heavy (non-hydrogen) atoms. The molecule has 1 aliphatic rings. The first-order chi connectivity index (χ1) is 9.26. The second-order valence-corrected chi connectivity index (χ2v) is 4.64. The number of methoxy groups -OCH3 is 1. The Morgan fingerprint density at radius 1 is 1.32 bits per heavy atom. The fourth-order valence-electron chi connectivity index (χ4n) is 2.50. The van der Waals surface area contributed by atoms with Gasteiger partial charge in [0.1, 0.15) is 12.1 Å². The highest BCUT2D eigenvalue weighted by atomic mass is 16.5. The van der Waals surface area contributed by atoms with Crippen molar-refractivity contribution in [3.8, 4) is 5.88 Å². The summed E-state index contributed by atoms with van der Waals surface area (Å²) < 4.78 is 5.10. The summed E-state index contributed by atoms with van der Waals surface area (Å²) in [5.41, 5.74) is 9.25. The summed E-state index contributed by atoms with van der Waals surface area (Å²) in [6.45, 7) is 0. The number of nitrogens with zero attached hydrogens (tertiary/aromatic N) is 2. The zero-order chi connectivity index (χ0) is 13.2. The third-order valence-electron chi connectivity index (χ3n) is 3.42. The number of aromatic nitrogens is 2. The monoisotopic (exact) mass is 256 g/mol. The fourth-order valence-corrected chi connectivity index (χ4v) is 2.50. The van der Waals surface area contributed by atoms with Crippen LogP contribution in [0.5, 0.6) is 5.88 Å². The molecule has 1 aromatic heterocycles. The quantitative estimate of drug-likeness (QED) is 0.823. The lowest BCUT2D eigenvalue weighted by atomic mass is 10.1. The van der Waals surface area contributed by atoms with Crippen LogP contribution in [-0.4, -0.2) is 17.1 Å². The van der Waals surface area contributed by atoms with E-state index in [0.29, 0.717) is 5.88 Å². The molecule has 0 radical (unpaired) electrons. The van der Waals surface area contributed by atoms with Crippen molar-refractivity contribution >= 4 is 11.5 Å². The SMILES string of the molecule is COc1cc(NC2CCc3cc(N)ccc32)ncn1. The lowest BCUT2D eigenvalue weighted by Crippen LogP contribution is -2.08. The Bertz CT molecular complexity index is 600. The van der Waals surface area contributed by atoms with E-state index in [9.17, 15) is 0 Å². The van der Waals surface area contributed by atoms with Gasteiger partial charge in [0, 0.05) is 11.8 Å². The predicted molar refractivity (Wildman–Crippen MR) is 74.1 cm³/mol. The summed E-state index contributed by atoms with van der Waals surface area (Å²) in [5, 5.41) is 3.42. The van der Waals surface area contributed by atoms with Gasteiger partial charge in [0.2, 0.25) is 5.88 Å². The first-order valence-electron chi connectivity index (χ1n) is 6.27. The van der Waals surface area contributed by atoms with Crippen LogP contribution in [0.4, 0.5) is 11.5 Å². The van der Waals surface area contributed by atoms with Crippen LogP contribution in [0.15, 0.2) is 30.6 Å². The van der Waals surface area contributed by atoms with E-state index in [1.807, 2.05) is 6.07 Å². The minimum absolute atomic E-state index is 0.273. The van der Waals surface area contributed by atoms with Gasteiger partial charge in [0.25, 0.3) is 0 Å². The molecule has 0 saturated carbocycles. The summed E-state index contributed by atoms with van der Waals surface area (Å²) in [6.07, 6.45) is 3.59. The number of ether oxygens (including phenoxy) is 1. The molecule has 1 aliphatic carbocycles. The average molecular weight is 256 g/mol. The van der Waals surface area contributed by atoms with Crippen molar-refractivity contribution in [3.63, 3.8) is 0 Å². The molecule has 98 valence electrons. The molecular weight excluding hydrogens is 240 g/mol. The summed E-state index contributed by atoms with van der Waals surface area (Å²) in [4.78, 5) is 8.21. The van der Waals surface area contributed by atoms with Crippen molar-refractivity contribution in [1.29, 1.82) is 0 Å². The van der Waals surface area contributed by atoms with Crippen molar-refractivity contribution < 1.29 is 4.74 Å². The van der Waals surface area contributed by atoms with Crippen molar-refractivity contribution in [2.75, 3.05) is 18.2 Å². The Hall–Kier alpha value is -2.30. The number of nitrogen functional groups attached to an aromatic ring is 1. The smallest absolute Gasteiger partial charge is 0.218 e. The Morgan fingerprint density at radius 2 is 2.21 bits per heavy atom. The lowest BCUT2D eigenvalue weighted by Gasteiger charge is -2.15. The number of fused-ring (bicyclic) bond motifs is 1. The molecule has 0 spiro atoms. The molecule has 5 heteroatoms. The van der Waals surface area contributed by atoms with Crippen molar-refractivity contribution in [2.24, 2.45) is 0 Å². The van der Waals surface area contributed by atoms with E-state index in [0.717, 1.165) is 24.3 Å². The van der Waals surface area contributed by atoms with Crippen LogP contribution in [-0.2, 0) is 6.42 Å². The molecule has 5 nitrogen and oxygen atoms in total. The van der Waals surface area contributed by atoms with Crippen LogP contribution in [0.2, 0.25) is 0 Å². The standard InChI is InChI=1S/C14H16N4O/c1-19-14-7-13(16-8-17-14)18-12-5-2-9-6-10(15)3-4-11(9)12/h3-4,6-8,12H,2,5,15H2,1H3,(H,16,17,18). The maximum Gasteiger partial charge on any atom is 0.218 e. The molecule has 0 aliphatic heterocycles. The minimum atomic E-state index is 0.273. The summed E-state index contributed by atoms with van der Waals surface area (Å²) in [6, 6.07) is 8.16. The van der Waals surface area contributed by atoms with Gasteiger partial charge in [-0.15, -0.1) is 0 Å². The third-order valence-corrected chi connectivity index (χ3v) is 3.42. The zero-order valence-corrected chi connectivity index (χ0v) is 10.8. The number of hydrogen-bond donors (Lipinski definition) is 2. The van der Waals surface area contributed by atoms with Crippen LogP contribution < -0.4 is 15.8 Å². The van der Waals surface area contributed by atoms with Gasteiger partial charge in [-0.05, 0) is 36.1 Å². The van der Waals surface area contributed by atoms with Crippen LogP contribution in [0.1, 0.15) is 23.6 Å². The van der Waals surface area contributed by atoms with Crippen molar-refractivity contribution in [2.45, 2.75) is 18.9 Å². The molecule has 0 saturated heterocycles. The maximum absolute atomic E-state index is 5.81. The molecular formula is C14H16N4O. The van der Waals surface area contributed by atoms with E-state index in [4.69, 9.17) is 10.5 Å². The molecule has 1 heterocycles. The number of rotatable bonds is 3. The number of aryl methyl sites for hydroxylation is 1. The molecule has 1 aromatic carbocycles. The Kier molecular flexibility index (Phi) is 2.95. The van der Waals surface area contributed by atoms with Crippen molar-refractivity contribution in [1.82, 2.24) is 9.97 Å². The van der Waals surface area contributed by atoms with Crippen LogP contribution in [0, 0.1) is 0 Å². The number of nitrogens with one attached hydrogen (secondary N) is 1. The Balaban J connectivity index is 1.82. The zero-order valence-electron chi connectivity index (χ0n) is 10.8. The van der Waals surface area contributed by atoms with Gasteiger partial charge in [-0.3, -0.25) is 0 Å². The van der Waals surface area contributed by atoms with Gasteiger partial charge in [-0.2, -0.15) is 0 Å². The van der Waals surface area contributed by atoms with Crippen LogP contribution >= 0.6 is 0 Å². The minimum Gasteiger partial charge on any atom is -0.481 e. The van der Waals surface area contributed by atoms with Gasteiger partial charge < -0.3 is 15.8 Å². The second kappa shape index (κ2) is 4.76. The van der Waals surface area contributed by atoms with Gasteiger partial charge in [0.15, 0.2) is 0 Å². The van der Waals surface area contributed by atoms with Gasteiger partial charge in [0.05, 0.1) is 13.2 Å². The van der Waals surface area contributed by atoms with Gasteiger partial charge in [-0.1, -0.05) is 6.07 Å². The number of anilines is 2. The normalized spacial score (nSPS) is 17.0. The average Bonchev–Trinajstić information content (AvgIpc) is 2.81. The first kappa shape index (κ1) is 11.8. The number of benzene rings is 1. The molecule has 3 rings (SSSR count). The molecule has 1 unspecified atom stereocenters. The van der Waals surface area contributed by atoms with E-state index >= 15 is 0 Å². The highest BCUT2D eigenvalue weighted by molar-refractivity contribution is 5.50. The molecule has 0 fully saturated rings. The number of nitrogens with two attached hydrogens (primary N) is 1. The second-order valence-electron chi connectivity index (χ2n) is 4.64. The van der Waals surface area contributed by atoms with Crippen molar-refractivity contribution in [3.05, 3.63) is 41.7 Å². The van der Waals surface area contributed by atoms with Gasteiger partial charge >= 0.3 is 0 Å². The lowest BCUT2D eigenvalue weighted by molar-refractivity contribution is 0.397. The molecule has 3 N–H and O–H groups in total. The Labute approximate surface area is 111 Å². The summed E-state index contributed by atoms with van der Waals surface area (Å²) >= 11 is 0. The van der Waals surface area contributed by atoms with Crippen LogP contribution in [0.3, 0.4) is 0 Å². The topological polar surface area (TPSA) is 73.1 Å². The highest BCUT2D eigenvalue weighted by Gasteiger charge is 2.22. The van der Waals surface area contributed by atoms with E-state index in [1.54, 1.807) is 13.2 Å². The summed E-state index contributed by atoms with van der Waals surface area (Å²) in [5.74, 6) is 1.34. The third kappa shape index (κ3) is 2.31. The van der Waals surface area contributed by atoms with Gasteiger partial charge in [-0.25, -0.2) is 9.97 Å². The van der Waals surface area contributed by atoms with E-state index in [-0.39, 0.29) is 6.04 Å². The number of hydrogen-bond acceptors (Lipinski definition) is 5. The molecule has 0 bridgehead atoms. The highest BCUT2D eigenvalue weighted by Crippen LogP contribution is 2.34. The van der Waals surface area contributed by atoms with E-state index in [1.165, 1.54) is 17.5 Å². The van der Waals surface area contributed by atoms with Crippen LogP contribution in [0.25, 0.3) is 0 Å². The Morgan fingerprint density at radius 3 is 3.05 bits per heavy atom. The molecule has 1 atom stereocenters. The summed E-state index contributed by atoms with van der Waals surface area (Å²) in [7, 11) is 1.60. The molecule has 2 aromatic rings. The maximum atomic E-state index is 5.81. The van der Waals surface area contributed by atoms with E-state index in [2.05, 4.69) is 27.4 Å². The largest absolute Gasteiger partial charge is 0.481 e.